The Kier molecular flexibility index (Phi) is 5.04. The fourth-order valence-electron chi connectivity index (χ4n) is 1.65. The number of nitrogens with zero attached hydrogens (tertiary/aromatic N) is 1. The van der Waals surface area contributed by atoms with E-state index >= 15 is 0 Å². The minimum Gasteiger partial charge on any atom is -0.312 e. The first-order valence-electron chi connectivity index (χ1n) is 4.77. The average molecular weight is 188 g/mol. The summed E-state index contributed by atoms with van der Waals surface area (Å²) in [5.41, 5.74) is 0. The Morgan fingerprint density at radius 3 is 3.08 bits per heavy atom. The number of hydrogen-bond acceptors (Lipinski definition) is 3. The first-order chi connectivity index (χ1) is 5.83. The molecule has 0 aromatic carbocycles. The summed E-state index contributed by atoms with van der Waals surface area (Å²) in [5.74, 6) is 1.30. The average Bonchev–Trinajstić information content (AvgIpc) is 2.05. The molecule has 2 nitrogen and oxygen atoms in total. The van der Waals surface area contributed by atoms with Crippen LogP contribution in [0, 0.1) is 0 Å². The Morgan fingerprint density at radius 1 is 1.58 bits per heavy atom. The number of nitrogens with one attached hydrogen (secondary N) is 1. The van der Waals surface area contributed by atoms with Crippen LogP contribution in [0.2, 0.25) is 0 Å². The van der Waals surface area contributed by atoms with Gasteiger partial charge in [-0.3, -0.25) is 0 Å². The molecule has 0 aliphatic carbocycles. The molecule has 72 valence electrons. The fourth-order valence-corrected chi connectivity index (χ4v) is 2.07. The zero-order valence-corrected chi connectivity index (χ0v) is 8.99. The van der Waals surface area contributed by atoms with Crippen LogP contribution in [0.25, 0.3) is 0 Å². The maximum Gasteiger partial charge on any atom is 0.0167 e. The lowest BCUT2D eigenvalue weighted by atomic mass is 10.2. The lowest BCUT2D eigenvalue weighted by molar-refractivity contribution is 0.208. The maximum absolute atomic E-state index is 3.46. The van der Waals surface area contributed by atoms with E-state index in [-0.39, 0.29) is 0 Å². The summed E-state index contributed by atoms with van der Waals surface area (Å²) >= 11 is 1.95. The van der Waals surface area contributed by atoms with E-state index in [9.17, 15) is 0 Å². The third-order valence-electron chi connectivity index (χ3n) is 2.28. The highest BCUT2D eigenvalue weighted by Crippen LogP contribution is 2.02. The molecule has 0 aromatic rings. The third-order valence-corrected chi connectivity index (χ3v) is 2.97. The Hall–Kier alpha value is 0.270. The normalized spacial score (nSPS) is 26.0. The zero-order valence-electron chi connectivity index (χ0n) is 8.18. The second-order valence-corrected chi connectivity index (χ2v) is 4.49. The van der Waals surface area contributed by atoms with Crippen molar-refractivity contribution < 1.29 is 0 Å². The van der Waals surface area contributed by atoms with Crippen molar-refractivity contribution in [3.8, 4) is 0 Å². The van der Waals surface area contributed by atoms with Gasteiger partial charge in [0.25, 0.3) is 0 Å². The SMILES string of the molecule is CSCCCN1CCN[C@H](C)C1. The highest BCUT2D eigenvalue weighted by Gasteiger charge is 2.13. The highest BCUT2D eigenvalue weighted by atomic mass is 32.2. The van der Waals surface area contributed by atoms with E-state index in [1.165, 1.54) is 38.4 Å². The van der Waals surface area contributed by atoms with E-state index in [4.69, 9.17) is 0 Å². The summed E-state index contributed by atoms with van der Waals surface area (Å²) in [5, 5.41) is 3.46. The Balaban J connectivity index is 2.06. The number of piperazine rings is 1. The predicted molar refractivity (Wildman–Crippen MR) is 56.9 cm³/mol. The van der Waals surface area contributed by atoms with Crippen LogP contribution in [0.5, 0.6) is 0 Å². The van der Waals surface area contributed by atoms with Crippen molar-refractivity contribution in [2.45, 2.75) is 19.4 Å². The molecular weight excluding hydrogens is 168 g/mol. The van der Waals surface area contributed by atoms with Gasteiger partial charge in [0.15, 0.2) is 0 Å². The summed E-state index contributed by atoms with van der Waals surface area (Å²) in [6.07, 6.45) is 3.52. The molecule has 0 spiro atoms. The smallest absolute Gasteiger partial charge is 0.0167 e. The first kappa shape index (κ1) is 10.4. The van der Waals surface area contributed by atoms with E-state index in [1.54, 1.807) is 0 Å². The van der Waals surface area contributed by atoms with Gasteiger partial charge in [0, 0.05) is 25.7 Å². The molecule has 1 atom stereocenters. The van der Waals surface area contributed by atoms with Crippen molar-refractivity contribution in [3.63, 3.8) is 0 Å². The summed E-state index contributed by atoms with van der Waals surface area (Å²) in [6, 6.07) is 0.688. The molecular formula is C9H20N2S. The van der Waals surface area contributed by atoms with Gasteiger partial charge in [-0.05, 0) is 31.9 Å². The van der Waals surface area contributed by atoms with Gasteiger partial charge in [-0.2, -0.15) is 11.8 Å². The molecule has 1 aliphatic heterocycles. The minimum atomic E-state index is 0.688. The summed E-state index contributed by atoms with van der Waals surface area (Å²) < 4.78 is 0. The van der Waals surface area contributed by atoms with Crippen LogP contribution in [-0.2, 0) is 0 Å². The standard InChI is InChI=1S/C9H20N2S/c1-9-8-11(6-4-10-9)5-3-7-12-2/h9-10H,3-8H2,1-2H3/t9-/m1/s1. The van der Waals surface area contributed by atoms with E-state index in [2.05, 4.69) is 23.4 Å². The van der Waals surface area contributed by atoms with Crippen molar-refractivity contribution in [1.29, 1.82) is 0 Å². The number of thioether (sulfide) groups is 1. The van der Waals surface area contributed by atoms with E-state index < -0.39 is 0 Å². The molecule has 0 amide bonds. The Labute approximate surface area is 80.1 Å². The van der Waals surface area contributed by atoms with Crippen LogP contribution >= 0.6 is 11.8 Å². The zero-order chi connectivity index (χ0) is 8.81. The molecule has 1 fully saturated rings. The van der Waals surface area contributed by atoms with Crippen LogP contribution in [0.1, 0.15) is 13.3 Å². The van der Waals surface area contributed by atoms with Crippen LogP contribution in [0.4, 0.5) is 0 Å². The molecule has 0 unspecified atom stereocenters. The molecule has 1 rings (SSSR count). The van der Waals surface area contributed by atoms with Crippen LogP contribution in [0.3, 0.4) is 0 Å². The summed E-state index contributed by atoms with van der Waals surface area (Å²) in [4.78, 5) is 2.57. The van der Waals surface area contributed by atoms with Gasteiger partial charge in [-0.25, -0.2) is 0 Å². The van der Waals surface area contributed by atoms with Gasteiger partial charge in [-0.15, -0.1) is 0 Å². The van der Waals surface area contributed by atoms with Gasteiger partial charge in [0.1, 0.15) is 0 Å². The van der Waals surface area contributed by atoms with E-state index in [0.717, 1.165) is 0 Å². The quantitative estimate of drug-likeness (QED) is 0.664. The number of rotatable bonds is 4. The van der Waals surface area contributed by atoms with Gasteiger partial charge >= 0.3 is 0 Å². The van der Waals surface area contributed by atoms with Crippen molar-refractivity contribution >= 4 is 11.8 Å². The lowest BCUT2D eigenvalue weighted by Gasteiger charge is -2.31. The molecule has 0 radical (unpaired) electrons. The summed E-state index contributed by atoms with van der Waals surface area (Å²) in [6.45, 7) is 7.18. The molecule has 1 aliphatic rings. The minimum absolute atomic E-state index is 0.688. The molecule has 3 heteroatoms. The Morgan fingerprint density at radius 2 is 2.42 bits per heavy atom. The van der Waals surface area contributed by atoms with Gasteiger partial charge < -0.3 is 10.2 Å². The van der Waals surface area contributed by atoms with Crippen molar-refractivity contribution in [2.75, 3.05) is 38.2 Å². The molecule has 0 saturated carbocycles. The molecule has 1 saturated heterocycles. The van der Waals surface area contributed by atoms with Crippen molar-refractivity contribution in [2.24, 2.45) is 0 Å². The molecule has 12 heavy (non-hydrogen) atoms. The first-order valence-corrected chi connectivity index (χ1v) is 6.17. The van der Waals surface area contributed by atoms with E-state index in [0.29, 0.717) is 6.04 Å². The molecule has 0 bridgehead atoms. The topological polar surface area (TPSA) is 15.3 Å². The second kappa shape index (κ2) is 5.84. The molecule has 1 N–H and O–H groups in total. The maximum atomic E-state index is 3.46. The van der Waals surface area contributed by atoms with Crippen LogP contribution in [0.15, 0.2) is 0 Å². The molecule has 0 aromatic heterocycles. The third kappa shape index (κ3) is 3.78. The Bertz CT molecular complexity index is 119. The van der Waals surface area contributed by atoms with E-state index in [1.807, 2.05) is 11.8 Å². The monoisotopic (exact) mass is 188 g/mol. The fraction of sp³-hybridized carbons (Fsp3) is 1.00. The van der Waals surface area contributed by atoms with Crippen LogP contribution in [-0.4, -0.2) is 49.1 Å². The largest absolute Gasteiger partial charge is 0.312 e. The van der Waals surface area contributed by atoms with Crippen molar-refractivity contribution in [3.05, 3.63) is 0 Å². The van der Waals surface area contributed by atoms with Gasteiger partial charge in [0.05, 0.1) is 0 Å². The summed E-state index contributed by atoms with van der Waals surface area (Å²) in [7, 11) is 0. The van der Waals surface area contributed by atoms with Gasteiger partial charge in [-0.1, -0.05) is 0 Å². The van der Waals surface area contributed by atoms with Crippen LogP contribution < -0.4 is 5.32 Å². The lowest BCUT2D eigenvalue weighted by Crippen LogP contribution is -2.49. The second-order valence-electron chi connectivity index (χ2n) is 3.50. The number of hydrogen-bond donors (Lipinski definition) is 1. The van der Waals surface area contributed by atoms with Crippen molar-refractivity contribution in [1.82, 2.24) is 10.2 Å². The highest BCUT2D eigenvalue weighted by molar-refractivity contribution is 7.98. The molecule has 1 heterocycles. The predicted octanol–water partition coefficient (Wildman–Crippen LogP) is 1.03. The van der Waals surface area contributed by atoms with Gasteiger partial charge in [0.2, 0.25) is 0 Å².